The van der Waals surface area contributed by atoms with Crippen molar-refractivity contribution in [3.05, 3.63) is 69.7 Å². The first-order chi connectivity index (χ1) is 9.72. The molecule has 0 saturated carbocycles. The Kier molecular flexibility index (Phi) is 5.14. The summed E-state index contributed by atoms with van der Waals surface area (Å²) in [7, 11) is 0. The van der Waals surface area contributed by atoms with Crippen LogP contribution in [0.4, 0.5) is 0 Å². The highest BCUT2D eigenvalue weighted by Crippen LogP contribution is 2.26. The first-order valence-electron chi connectivity index (χ1n) is 6.16. The smallest absolute Gasteiger partial charge is 0.0579 e. The third-order valence-electron chi connectivity index (χ3n) is 2.86. The highest BCUT2D eigenvalue weighted by atomic mass is 35.5. The summed E-state index contributed by atoms with van der Waals surface area (Å²) in [6, 6.07) is 15.1. The van der Waals surface area contributed by atoms with Crippen LogP contribution in [-0.4, -0.2) is 0 Å². The highest BCUT2D eigenvalue weighted by molar-refractivity contribution is 6.32. The Hall–Kier alpha value is -1.86. The largest absolute Gasteiger partial charge is 0.120 e. The molecule has 20 heavy (non-hydrogen) atoms. The van der Waals surface area contributed by atoms with Crippen molar-refractivity contribution in [3.8, 4) is 24.2 Å². The molecule has 2 aromatic carbocycles. The summed E-state index contributed by atoms with van der Waals surface area (Å²) in [6.45, 7) is 0. The Morgan fingerprint density at radius 1 is 0.950 bits per heavy atom. The molecule has 0 aliphatic carbocycles. The van der Waals surface area contributed by atoms with Crippen LogP contribution in [-0.2, 0) is 0 Å². The molecule has 0 aromatic heterocycles. The van der Waals surface area contributed by atoms with Crippen LogP contribution < -0.4 is 0 Å². The van der Waals surface area contributed by atoms with Gasteiger partial charge in [-0.3, -0.25) is 0 Å². The summed E-state index contributed by atoms with van der Waals surface area (Å²) in [5, 5.41) is 1.32. The van der Waals surface area contributed by atoms with Crippen molar-refractivity contribution >= 4 is 23.2 Å². The number of terminal acetylenes is 1. The van der Waals surface area contributed by atoms with Crippen LogP contribution in [0, 0.1) is 24.2 Å². The zero-order valence-electron chi connectivity index (χ0n) is 10.7. The SMILES string of the molecule is C#CCC(C#Cc1ccccc1Cl)c1ccccc1Cl. The van der Waals surface area contributed by atoms with Crippen LogP contribution in [0.15, 0.2) is 48.5 Å². The number of rotatable bonds is 2. The monoisotopic (exact) mass is 298 g/mol. The lowest BCUT2D eigenvalue weighted by molar-refractivity contribution is 0.914. The average Bonchev–Trinajstić information content (AvgIpc) is 2.46. The lowest BCUT2D eigenvalue weighted by atomic mass is 9.96. The van der Waals surface area contributed by atoms with Crippen LogP contribution in [0.1, 0.15) is 23.5 Å². The van der Waals surface area contributed by atoms with E-state index in [2.05, 4.69) is 17.8 Å². The van der Waals surface area contributed by atoms with E-state index in [4.69, 9.17) is 29.6 Å². The molecule has 0 N–H and O–H groups in total. The predicted octanol–water partition coefficient (Wildman–Crippen LogP) is 5.15. The molecule has 0 heterocycles. The van der Waals surface area contributed by atoms with Gasteiger partial charge in [0, 0.05) is 17.0 Å². The van der Waals surface area contributed by atoms with Gasteiger partial charge in [-0.15, -0.1) is 12.3 Å². The number of benzene rings is 2. The summed E-state index contributed by atoms with van der Waals surface area (Å²) in [5.74, 6) is 8.82. The topological polar surface area (TPSA) is 0 Å². The number of halogens is 2. The second-order valence-corrected chi connectivity index (χ2v) is 5.05. The molecule has 98 valence electrons. The van der Waals surface area contributed by atoms with Crippen molar-refractivity contribution in [2.75, 3.05) is 0 Å². The van der Waals surface area contributed by atoms with Gasteiger partial charge in [-0.05, 0) is 23.8 Å². The molecule has 0 amide bonds. The lowest BCUT2D eigenvalue weighted by Gasteiger charge is -2.09. The third-order valence-corrected chi connectivity index (χ3v) is 3.53. The van der Waals surface area contributed by atoms with E-state index in [1.165, 1.54) is 0 Å². The minimum Gasteiger partial charge on any atom is -0.120 e. The molecule has 0 fully saturated rings. The molecule has 2 aromatic rings. The lowest BCUT2D eigenvalue weighted by Crippen LogP contribution is -1.96. The first-order valence-corrected chi connectivity index (χ1v) is 6.92. The van der Waals surface area contributed by atoms with Crippen LogP contribution in [0.5, 0.6) is 0 Å². The Morgan fingerprint density at radius 3 is 2.25 bits per heavy atom. The minimum absolute atomic E-state index is 0.0926. The van der Waals surface area contributed by atoms with Crippen LogP contribution in [0.2, 0.25) is 10.0 Å². The molecule has 0 nitrogen and oxygen atoms in total. The molecular weight excluding hydrogens is 287 g/mol. The molecule has 0 aliphatic rings. The maximum atomic E-state index is 6.21. The third kappa shape index (κ3) is 3.58. The van der Waals surface area contributed by atoms with Crippen LogP contribution in [0.3, 0.4) is 0 Å². The quantitative estimate of drug-likeness (QED) is 0.673. The zero-order valence-corrected chi connectivity index (χ0v) is 12.2. The standard InChI is InChI=1S/C18H12Cl2/c1-2-7-14(16-9-4-6-11-18(16)20)12-13-15-8-3-5-10-17(15)19/h1,3-6,8-11,14H,7H2. The van der Waals surface area contributed by atoms with Crippen molar-refractivity contribution in [3.63, 3.8) is 0 Å². The van der Waals surface area contributed by atoms with Crippen molar-refractivity contribution in [2.24, 2.45) is 0 Å². The summed E-state index contributed by atoms with van der Waals surface area (Å²) in [6.07, 6.45) is 5.94. The molecule has 0 spiro atoms. The molecular formula is C18H12Cl2. The normalized spacial score (nSPS) is 11.1. The van der Waals surface area contributed by atoms with Gasteiger partial charge in [0.05, 0.1) is 10.9 Å². The fourth-order valence-electron chi connectivity index (χ4n) is 1.84. The van der Waals surface area contributed by atoms with Gasteiger partial charge in [-0.25, -0.2) is 0 Å². The van der Waals surface area contributed by atoms with E-state index in [1.807, 2.05) is 48.5 Å². The Labute approximate surface area is 129 Å². The predicted molar refractivity (Wildman–Crippen MR) is 86.0 cm³/mol. The highest BCUT2D eigenvalue weighted by Gasteiger charge is 2.10. The second-order valence-electron chi connectivity index (χ2n) is 4.23. The summed E-state index contributed by atoms with van der Waals surface area (Å²) in [4.78, 5) is 0. The van der Waals surface area contributed by atoms with Gasteiger partial charge in [0.1, 0.15) is 0 Å². The van der Waals surface area contributed by atoms with Crippen molar-refractivity contribution in [1.82, 2.24) is 0 Å². The van der Waals surface area contributed by atoms with Gasteiger partial charge in [0.25, 0.3) is 0 Å². The average molecular weight is 299 g/mol. The molecule has 0 saturated heterocycles. The van der Waals surface area contributed by atoms with Gasteiger partial charge in [0.15, 0.2) is 0 Å². The molecule has 1 atom stereocenters. The van der Waals surface area contributed by atoms with E-state index in [-0.39, 0.29) is 5.92 Å². The maximum Gasteiger partial charge on any atom is 0.0579 e. The Morgan fingerprint density at radius 2 is 1.60 bits per heavy atom. The van der Waals surface area contributed by atoms with Gasteiger partial charge in [-0.2, -0.15) is 0 Å². The molecule has 0 aliphatic heterocycles. The van der Waals surface area contributed by atoms with E-state index < -0.39 is 0 Å². The molecule has 1 unspecified atom stereocenters. The second kappa shape index (κ2) is 7.06. The van der Waals surface area contributed by atoms with E-state index >= 15 is 0 Å². The van der Waals surface area contributed by atoms with Gasteiger partial charge < -0.3 is 0 Å². The number of hydrogen-bond acceptors (Lipinski definition) is 0. The number of hydrogen-bond donors (Lipinski definition) is 0. The van der Waals surface area contributed by atoms with Gasteiger partial charge in [0.2, 0.25) is 0 Å². The van der Waals surface area contributed by atoms with E-state index in [0.29, 0.717) is 16.5 Å². The molecule has 0 radical (unpaired) electrons. The van der Waals surface area contributed by atoms with Gasteiger partial charge in [-0.1, -0.05) is 65.4 Å². The van der Waals surface area contributed by atoms with Crippen molar-refractivity contribution in [2.45, 2.75) is 12.3 Å². The van der Waals surface area contributed by atoms with Gasteiger partial charge >= 0.3 is 0 Å². The minimum atomic E-state index is -0.0926. The van der Waals surface area contributed by atoms with E-state index in [9.17, 15) is 0 Å². The Bertz CT molecular complexity index is 699. The molecule has 2 rings (SSSR count). The Balaban J connectivity index is 2.36. The summed E-state index contributed by atoms with van der Waals surface area (Å²) in [5.41, 5.74) is 1.75. The molecule has 2 heteroatoms. The van der Waals surface area contributed by atoms with E-state index in [0.717, 1.165) is 11.1 Å². The fraction of sp³-hybridized carbons (Fsp3) is 0.111. The fourth-order valence-corrected chi connectivity index (χ4v) is 2.29. The maximum absolute atomic E-state index is 6.21. The summed E-state index contributed by atoms with van der Waals surface area (Å²) >= 11 is 12.3. The van der Waals surface area contributed by atoms with Crippen molar-refractivity contribution in [1.29, 1.82) is 0 Å². The first kappa shape index (κ1) is 14.5. The zero-order chi connectivity index (χ0) is 14.4. The van der Waals surface area contributed by atoms with Crippen LogP contribution >= 0.6 is 23.2 Å². The molecule has 0 bridgehead atoms. The summed E-state index contributed by atoms with van der Waals surface area (Å²) < 4.78 is 0. The van der Waals surface area contributed by atoms with Crippen molar-refractivity contribution < 1.29 is 0 Å². The van der Waals surface area contributed by atoms with Crippen LogP contribution in [0.25, 0.3) is 0 Å². The van der Waals surface area contributed by atoms with E-state index in [1.54, 1.807) is 0 Å².